The fraction of sp³-hybridized carbons (Fsp3) is 0.0638. The van der Waals surface area contributed by atoms with Crippen LogP contribution in [0.5, 0.6) is 0 Å². The standard InChI is InChI=1S/C47H35N5/c1-28-4-10-31(11-5-28)44-36-20-22-38(49-36)45(32-12-6-29(2)7-13-32)40-24-26-42(51-40)47(34-16-18-35(48)19-17-34)43-27-25-41(52-43)46(39-23-21-37(44)50-39)33-14-8-30(3)9-15-33/h4-27H,48H2,1-3H3. The number of aryl methyl sites for hydroxylation is 3. The van der Waals surface area contributed by atoms with E-state index in [1.54, 1.807) is 0 Å². The average molecular weight is 670 g/mol. The molecule has 248 valence electrons. The van der Waals surface area contributed by atoms with Gasteiger partial charge in [-0.25, -0.2) is 20.0 Å². The van der Waals surface area contributed by atoms with E-state index in [1.807, 2.05) is 24.3 Å². The number of fused-ring (bicyclic) bond motifs is 4. The molecular formula is C47H35N5. The highest BCUT2D eigenvalue weighted by Crippen LogP contribution is 2.38. The van der Waals surface area contributed by atoms with Gasteiger partial charge in [0.25, 0.3) is 0 Å². The van der Waals surface area contributed by atoms with Gasteiger partial charge in [-0.15, -0.1) is 0 Å². The molecule has 0 radical (unpaired) electrons. The van der Waals surface area contributed by atoms with Crippen molar-refractivity contribution < 1.29 is 0 Å². The molecule has 0 atom stereocenters. The Morgan fingerprint density at radius 2 is 0.538 bits per heavy atom. The number of nitrogens with two attached hydrogens (primary N) is 1. The maximum Gasteiger partial charge on any atom is 0.0738 e. The van der Waals surface area contributed by atoms with Crippen LogP contribution in [0, 0.1) is 20.8 Å². The number of aliphatic imine (C=N–C) groups is 4. The van der Waals surface area contributed by atoms with Crippen LogP contribution in [0.3, 0.4) is 0 Å². The first-order valence-corrected chi connectivity index (χ1v) is 17.5. The molecule has 5 heteroatoms. The molecule has 5 nitrogen and oxygen atoms in total. The smallest absolute Gasteiger partial charge is 0.0738 e. The topological polar surface area (TPSA) is 75.5 Å². The molecule has 0 saturated carbocycles. The summed E-state index contributed by atoms with van der Waals surface area (Å²) in [4.78, 5) is 21.4. The largest absolute Gasteiger partial charge is 0.399 e. The van der Waals surface area contributed by atoms with E-state index in [-0.39, 0.29) is 0 Å². The number of hydrogen-bond donors (Lipinski definition) is 1. The molecule has 0 saturated heterocycles. The predicted octanol–water partition coefficient (Wildman–Crippen LogP) is 10.2. The van der Waals surface area contributed by atoms with Crippen LogP contribution < -0.4 is 5.73 Å². The van der Waals surface area contributed by atoms with Gasteiger partial charge in [-0.1, -0.05) is 102 Å². The SMILES string of the molecule is Cc1ccc(C2=C3C=CC(=N3)C(c3ccc(C)cc3)=C3C=CC(=N3)C(c3ccc(N)cc3)=C3C=CC(=N3)C(c3ccc(C)cc3)=C3C=CC2=N3)cc1. The normalized spacial score (nSPS) is 17.4. The highest BCUT2D eigenvalue weighted by atomic mass is 14.9. The maximum absolute atomic E-state index is 6.16. The van der Waals surface area contributed by atoms with E-state index in [0.717, 1.165) is 90.2 Å². The molecule has 0 aromatic heterocycles. The van der Waals surface area contributed by atoms with Gasteiger partial charge in [0.15, 0.2) is 0 Å². The fourth-order valence-corrected chi connectivity index (χ4v) is 7.08. The average Bonchev–Trinajstić information content (AvgIpc) is 3.99. The Hall–Kier alpha value is -6.72. The molecule has 4 aromatic carbocycles. The molecule has 5 heterocycles. The number of allylic oxidation sites excluding steroid dienone is 12. The van der Waals surface area contributed by atoms with E-state index >= 15 is 0 Å². The summed E-state index contributed by atoms with van der Waals surface area (Å²) in [7, 11) is 0. The monoisotopic (exact) mass is 669 g/mol. The van der Waals surface area contributed by atoms with Crippen LogP contribution in [0.4, 0.5) is 5.69 Å². The van der Waals surface area contributed by atoms with Crippen molar-refractivity contribution >= 4 is 50.8 Å². The number of rotatable bonds is 4. The quantitative estimate of drug-likeness (QED) is 0.216. The van der Waals surface area contributed by atoms with Crippen LogP contribution in [0.1, 0.15) is 38.9 Å². The molecule has 0 amide bonds. The van der Waals surface area contributed by atoms with Gasteiger partial charge >= 0.3 is 0 Å². The molecule has 2 N–H and O–H groups in total. The first-order valence-electron chi connectivity index (χ1n) is 17.5. The van der Waals surface area contributed by atoms with E-state index in [2.05, 4.69) is 142 Å². The Bertz CT molecular complexity index is 2200. The number of hydrogen-bond acceptors (Lipinski definition) is 5. The molecule has 52 heavy (non-hydrogen) atoms. The maximum atomic E-state index is 6.16. The third-order valence-corrected chi connectivity index (χ3v) is 9.83. The lowest BCUT2D eigenvalue weighted by molar-refractivity contribution is 1.39. The minimum absolute atomic E-state index is 0.702. The fourth-order valence-electron chi connectivity index (χ4n) is 7.08. The van der Waals surface area contributed by atoms with E-state index in [1.165, 1.54) is 16.7 Å². The van der Waals surface area contributed by atoms with Crippen LogP contribution in [-0.4, -0.2) is 22.8 Å². The molecule has 9 rings (SSSR count). The van der Waals surface area contributed by atoms with Crippen molar-refractivity contribution in [2.45, 2.75) is 20.8 Å². The zero-order valence-electron chi connectivity index (χ0n) is 29.2. The van der Waals surface area contributed by atoms with E-state index in [4.69, 9.17) is 25.7 Å². The second-order valence-corrected chi connectivity index (χ2v) is 13.6. The summed E-state index contributed by atoms with van der Waals surface area (Å²) in [6.45, 7) is 6.31. The minimum Gasteiger partial charge on any atom is -0.399 e. The Balaban J connectivity index is 1.36. The van der Waals surface area contributed by atoms with Gasteiger partial charge in [-0.05, 0) is 104 Å². The summed E-state index contributed by atoms with van der Waals surface area (Å²) in [5.41, 5.74) is 25.1. The van der Waals surface area contributed by atoms with Crippen LogP contribution in [-0.2, 0) is 0 Å². The molecule has 0 fully saturated rings. The van der Waals surface area contributed by atoms with Crippen LogP contribution in [0.15, 0.2) is 188 Å². The summed E-state index contributed by atoms with van der Waals surface area (Å²) in [5.74, 6) is 0. The van der Waals surface area contributed by atoms with Crippen molar-refractivity contribution in [2.75, 3.05) is 5.73 Å². The Morgan fingerprint density at radius 3 is 0.788 bits per heavy atom. The highest BCUT2D eigenvalue weighted by molar-refractivity contribution is 6.39. The molecule has 0 unspecified atom stereocenters. The van der Waals surface area contributed by atoms with Crippen molar-refractivity contribution in [3.8, 4) is 0 Å². The molecule has 8 bridgehead atoms. The summed E-state index contributed by atoms with van der Waals surface area (Å²) in [6, 6.07) is 33.7. The summed E-state index contributed by atoms with van der Waals surface area (Å²) < 4.78 is 0. The second kappa shape index (κ2) is 12.6. The number of nitrogens with zero attached hydrogens (tertiary/aromatic N) is 4. The van der Waals surface area contributed by atoms with Crippen molar-refractivity contribution in [3.05, 3.63) is 207 Å². The minimum atomic E-state index is 0.702. The Kier molecular flexibility index (Phi) is 7.55. The first-order chi connectivity index (χ1) is 25.4. The third-order valence-electron chi connectivity index (χ3n) is 9.83. The van der Waals surface area contributed by atoms with Crippen LogP contribution >= 0.6 is 0 Å². The molecule has 5 aliphatic rings. The summed E-state index contributed by atoms with van der Waals surface area (Å²) in [5, 5.41) is 0. The lowest BCUT2D eigenvalue weighted by atomic mass is 9.97. The first kappa shape index (κ1) is 31.3. The van der Waals surface area contributed by atoms with Crippen molar-refractivity contribution in [1.82, 2.24) is 0 Å². The van der Waals surface area contributed by atoms with Crippen LogP contribution in [0.2, 0.25) is 0 Å². The van der Waals surface area contributed by atoms with E-state index in [9.17, 15) is 0 Å². The number of benzene rings is 4. The lowest BCUT2D eigenvalue weighted by Gasteiger charge is -2.13. The molecule has 4 aromatic rings. The van der Waals surface area contributed by atoms with Crippen molar-refractivity contribution in [3.63, 3.8) is 0 Å². The highest BCUT2D eigenvalue weighted by Gasteiger charge is 2.27. The van der Waals surface area contributed by atoms with Gasteiger partial charge in [0.05, 0.1) is 45.6 Å². The van der Waals surface area contributed by atoms with Gasteiger partial charge in [0.2, 0.25) is 0 Å². The number of nitrogen functional groups attached to an aromatic ring is 1. The second-order valence-electron chi connectivity index (χ2n) is 13.6. The summed E-state index contributed by atoms with van der Waals surface area (Å²) >= 11 is 0. The zero-order chi connectivity index (χ0) is 35.3. The summed E-state index contributed by atoms with van der Waals surface area (Å²) in [6.07, 6.45) is 16.8. The third kappa shape index (κ3) is 5.62. The van der Waals surface area contributed by atoms with Gasteiger partial charge in [-0.2, -0.15) is 0 Å². The molecule has 0 spiro atoms. The van der Waals surface area contributed by atoms with Crippen molar-refractivity contribution in [2.24, 2.45) is 20.0 Å². The van der Waals surface area contributed by atoms with Gasteiger partial charge in [-0.3, -0.25) is 0 Å². The Labute approximate surface area is 303 Å². The molecular weight excluding hydrogens is 635 g/mol. The van der Waals surface area contributed by atoms with Gasteiger partial charge in [0, 0.05) is 28.0 Å². The van der Waals surface area contributed by atoms with E-state index in [0.29, 0.717) is 5.69 Å². The van der Waals surface area contributed by atoms with Gasteiger partial charge < -0.3 is 5.73 Å². The van der Waals surface area contributed by atoms with Gasteiger partial charge in [0.1, 0.15) is 0 Å². The predicted molar refractivity (Wildman–Crippen MR) is 218 cm³/mol. The number of anilines is 1. The van der Waals surface area contributed by atoms with Crippen molar-refractivity contribution in [1.29, 1.82) is 0 Å². The lowest BCUT2D eigenvalue weighted by Crippen LogP contribution is -2.04. The van der Waals surface area contributed by atoms with E-state index < -0.39 is 0 Å². The van der Waals surface area contributed by atoms with Crippen LogP contribution in [0.25, 0.3) is 22.3 Å². The molecule has 0 aliphatic carbocycles. The zero-order valence-corrected chi connectivity index (χ0v) is 29.2. The molecule has 5 aliphatic heterocycles. The Morgan fingerprint density at radius 1 is 0.308 bits per heavy atom.